The van der Waals surface area contributed by atoms with Crippen molar-refractivity contribution < 1.29 is 14.2 Å². The van der Waals surface area contributed by atoms with Gasteiger partial charge in [0.25, 0.3) is 5.56 Å². The van der Waals surface area contributed by atoms with Crippen LogP contribution in [0.5, 0.6) is 11.6 Å². The lowest BCUT2D eigenvalue weighted by Gasteiger charge is -2.04. The minimum atomic E-state index is -0.573. The average Bonchev–Trinajstić information content (AvgIpc) is 2.27. The van der Waals surface area contributed by atoms with Crippen molar-refractivity contribution in [2.75, 3.05) is 7.11 Å². The van der Waals surface area contributed by atoms with Crippen LogP contribution in [0.2, 0.25) is 0 Å². The molecule has 0 aliphatic rings. The van der Waals surface area contributed by atoms with Crippen LogP contribution in [-0.2, 0) is 0 Å². The first-order valence-corrected chi connectivity index (χ1v) is 4.74. The molecule has 0 spiro atoms. The van der Waals surface area contributed by atoms with Crippen molar-refractivity contribution in [3.63, 3.8) is 0 Å². The van der Waals surface area contributed by atoms with E-state index in [0.29, 0.717) is 5.56 Å². The first-order valence-electron chi connectivity index (χ1n) is 4.74. The summed E-state index contributed by atoms with van der Waals surface area (Å²) in [5.41, 5.74) is -0.167. The van der Waals surface area contributed by atoms with Crippen LogP contribution in [0.15, 0.2) is 29.1 Å². The Morgan fingerprint density at radius 1 is 1.41 bits per heavy atom. The van der Waals surface area contributed by atoms with Crippen molar-refractivity contribution in [3.05, 3.63) is 40.4 Å². The van der Waals surface area contributed by atoms with Gasteiger partial charge in [0.05, 0.1) is 13.2 Å². The third-order valence-electron chi connectivity index (χ3n) is 2.15. The Hall–Kier alpha value is -2.37. The van der Waals surface area contributed by atoms with Crippen LogP contribution in [0.3, 0.4) is 0 Å². The van der Waals surface area contributed by atoms with Crippen molar-refractivity contribution in [3.8, 4) is 23.0 Å². The lowest BCUT2D eigenvalue weighted by Crippen LogP contribution is -2.06. The zero-order chi connectivity index (χ0) is 12.4. The smallest absolute Gasteiger partial charge is 0.254 e. The molecular formula is C11H9FN2O3. The quantitative estimate of drug-likeness (QED) is 0.823. The number of hydrogen-bond donors (Lipinski definition) is 2. The normalized spacial score (nSPS) is 10.2. The number of aromatic amines is 1. The summed E-state index contributed by atoms with van der Waals surface area (Å²) in [4.78, 5) is 17.2. The van der Waals surface area contributed by atoms with Gasteiger partial charge in [0.15, 0.2) is 11.6 Å². The minimum Gasteiger partial charge on any atom is -0.494 e. The van der Waals surface area contributed by atoms with Crippen LogP contribution in [0.4, 0.5) is 4.39 Å². The number of aromatic nitrogens is 2. The Morgan fingerprint density at radius 3 is 2.76 bits per heavy atom. The van der Waals surface area contributed by atoms with Crippen molar-refractivity contribution in [2.45, 2.75) is 0 Å². The van der Waals surface area contributed by atoms with Gasteiger partial charge in [-0.2, -0.15) is 4.98 Å². The summed E-state index contributed by atoms with van der Waals surface area (Å²) in [5.74, 6) is -0.802. The highest BCUT2D eigenvalue weighted by atomic mass is 19.1. The number of halogens is 1. The largest absolute Gasteiger partial charge is 0.494 e. The van der Waals surface area contributed by atoms with Crippen LogP contribution in [-0.4, -0.2) is 22.2 Å². The molecule has 17 heavy (non-hydrogen) atoms. The van der Waals surface area contributed by atoms with E-state index in [1.54, 1.807) is 0 Å². The molecule has 0 aliphatic heterocycles. The molecule has 0 aliphatic carbocycles. The van der Waals surface area contributed by atoms with E-state index in [4.69, 9.17) is 4.74 Å². The highest BCUT2D eigenvalue weighted by molar-refractivity contribution is 5.56. The van der Waals surface area contributed by atoms with Gasteiger partial charge in [-0.1, -0.05) is 0 Å². The summed E-state index contributed by atoms with van der Waals surface area (Å²) in [5, 5.41) is 9.18. The number of benzene rings is 1. The van der Waals surface area contributed by atoms with E-state index in [1.165, 1.54) is 19.2 Å². The Bertz CT molecular complexity index is 610. The maximum atomic E-state index is 13.4. The van der Waals surface area contributed by atoms with Gasteiger partial charge in [-0.15, -0.1) is 0 Å². The van der Waals surface area contributed by atoms with Crippen molar-refractivity contribution >= 4 is 0 Å². The zero-order valence-electron chi connectivity index (χ0n) is 8.90. The topological polar surface area (TPSA) is 75.2 Å². The fourth-order valence-electron chi connectivity index (χ4n) is 1.40. The minimum absolute atomic E-state index is 0.0938. The zero-order valence-corrected chi connectivity index (χ0v) is 8.90. The highest BCUT2D eigenvalue weighted by Gasteiger charge is 2.08. The number of rotatable bonds is 2. The molecule has 1 heterocycles. The Morgan fingerprint density at radius 2 is 2.18 bits per heavy atom. The summed E-state index contributed by atoms with van der Waals surface area (Å²) < 4.78 is 18.2. The third kappa shape index (κ3) is 2.25. The van der Waals surface area contributed by atoms with E-state index in [0.717, 1.165) is 12.1 Å². The van der Waals surface area contributed by atoms with E-state index in [-0.39, 0.29) is 11.6 Å². The molecular weight excluding hydrogens is 227 g/mol. The summed E-state index contributed by atoms with van der Waals surface area (Å²) >= 11 is 0. The van der Waals surface area contributed by atoms with Gasteiger partial charge in [-0.05, 0) is 18.2 Å². The summed E-state index contributed by atoms with van der Waals surface area (Å²) in [7, 11) is 1.35. The summed E-state index contributed by atoms with van der Waals surface area (Å²) in [6.07, 6.45) is 0. The summed E-state index contributed by atoms with van der Waals surface area (Å²) in [6, 6.07) is 5.04. The molecule has 2 rings (SSSR count). The third-order valence-corrected chi connectivity index (χ3v) is 2.15. The SMILES string of the molecule is COc1ccc(-c2nc(O)cc(=O)[nH]2)cc1F. The van der Waals surface area contributed by atoms with E-state index in [1.807, 2.05) is 0 Å². The molecule has 0 fully saturated rings. The van der Waals surface area contributed by atoms with E-state index >= 15 is 0 Å². The van der Waals surface area contributed by atoms with Crippen LogP contribution >= 0.6 is 0 Å². The molecule has 2 aromatic rings. The average molecular weight is 236 g/mol. The number of nitrogens with zero attached hydrogens (tertiary/aromatic N) is 1. The number of H-pyrrole nitrogens is 1. The standard InChI is InChI=1S/C11H9FN2O3/c1-17-8-3-2-6(4-7(8)12)11-13-9(15)5-10(16)14-11/h2-5H,1H3,(H2,13,14,15,16). The van der Waals surface area contributed by atoms with Crippen LogP contribution < -0.4 is 10.3 Å². The molecule has 0 radical (unpaired) electrons. The van der Waals surface area contributed by atoms with Crippen molar-refractivity contribution in [1.29, 1.82) is 0 Å². The maximum Gasteiger partial charge on any atom is 0.254 e. The lowest BCUT2D eigenvalue weighted by atomic mass is 10.2. The number of nitrogens with one attached hydrogen (secondary N) is 1. The monoisotopic (exact) mass is 236 g/mol. The van der Waals surface area contributed by atoms with Crippen LogP contribution in [0, 0.1) is 5.82 Å². The van der Waals surface area contributed by atoms with Crippen LogP contribution in [0.1, 0.15) is 0 Å². The van der Waals surface area contributed by atoms with E-state index in [2.05, 4.69) is 9.97 Å². The fourth-order valence-corrected chi connectivity index (χ4v) is 1.40. The number of methoxy groups -OCH3 is 1. The Balaban J connectivity index is 2.53. The van der Waals surface area contributed by atoms with Gasteiger partial charge in [0.2, 0.25) is 5.88 Å². The molecule has 5 nitrogen and oxygen atoms in total. The number of aromatic hydroxyl groups is 1. The molecule has 88 valence electrons. The molecule has 0 saturated carbocycles. The molecule has 0 amide bonds. The lowest BCUT2D eigenvalue weighted by molar-refractivity contribution is 0.386. The van der Waals surface area contributed by atoms with E-state index in [9.17, 15) is 14.3 Å². The second kappa shape index (κ2) is 4.25. The molecule has 0 saturated heterocycles. The highest BCUT2D eigenvalue weighted by Crippen LogP contribution is 2.23. The molecule has 0 bridgehead atoms. The second-order valence-corrected chi connectivity index (χ2v) is 3.30. The predicted molar refractivity (Wildman–Crippen MR) is 58.5 cm³/mol. The fraction of sp³-hybridized carbons (Fsp3) is 0.0909. The van der Waals surface area contributed by atoms with Gasteiger partial charge in [0, 0.05) is 5.56 Å². The van der Waals surface area contributed by atoms with Crippen molar-refractivity contribution in [2.24, 2.45) is 0 Å². The van der Waals surface area contributed by atoms with Gasteiger partial charge >= 0.3 is 0 Å². The van der Waals surface area contributed by atoms with Gasteiger partial charge < -0.3 is 14.8 Å². The first kappa shape index (κ1) is 11.1. The second-order valence-electron chi connectivity index (χ2n) is 3.30. The first-order chi connectivity index (χ1) is 8.10. The molecule has 6 heteroatoms. The number of hydrogen-bond acceptors (Lipinski definition) is 4. The molecule has 0 atom stereocenters. The summed E-state index contributed by atoms with van der Waals surface area (Å²) in [6.45, 7) is 0. The molecule has 1 aromatic carbocycles. The Labute approximate surface area is 95.5 Å². The molecule has 2 N–H and O–H groups in total. The van der Waals surface area contributed by atoms with Gasteiger partial charge in [0.1, 0.15) is 5.82 Å². The van der Waals surface area contributed by atoms with Crippen LogP contribution in [0.25, 0.3) is 11.4 Å². The van der Waals surface area contributed by atoms with E-state index < -0.39 is 17.3 Å². The van der Waals surface area contributed by atoms with Gasteiger partial charge in [-0.25, -0.2) is 4.39 Å². The molecule has 0 unspecified atom stereocenters. The number of ether oxygens (including phenoxy) is 1. The van der Waals surface area contributed by atoms with Gasteiger partial charge in [-0.3, -0.25) is 4.79 Å². The Kier molecular flexibility index (Phi) is 2.78. The van der Waals surface area contributed by atoms with Crippen molar-refractivity contribution in [1.82, 2.24) is 9.97 Å². The maximum absolute atomic E-state index is 13.4. The predicted octanol–water partition coefficient (Wildman–Crippen LogP) is 1.29. The molecule has 1 aromatic heterocycles.